The Kier molecular flexibility index (Phi) is 3.50. The Morgan fingerprint density at radius 1 is 1.09 bits per heavy atom. The molecule has 3 aromatic rings. The van der Waals surface area contributed by atoms with Gasteiger partial charge < -0.3 is 15.2 Å². The summed E-state index contributed by atoms with van der Waals surface area (Å²) in [5.74, 6) is 1.07. The molecule has 1 aliphatic heterocycles. The molecule has 5 nitrogen and oxygen atoms in total. The van der Waals surface area contributed by atoms with Gasteiger partial charge in [0.15, 0.2) is 5.82 Å². The number of rotatable bonds is 2. The fourth-order valence-electron chi connectivity index (χ4n) is 3.52. The van der Waals surface area contributed by atoms with Crippen LogP contribution in [0.3, 0.4) is 0 Å². The van der Waals surface area contributed by atoms with Gasteiger partial charge in [-0.2, -0.15) is 0 Å². The molecule has 0 spiro atoms. The summed E-state index contributed by atoms with van der Waals surface area (Å²) >= 11 is 0. The van der Waals surface area contributed by atoms with E-state index < -0.39 is 0 Å². The molecule has 1 saturated heterocycles. The number of para-hydroxylation sites is 1. The number of benzene rings is 1. The van der Waals surface area contributed by atoms with E-state index in [9.17, 15) is 0 Å². The summed E-state index contributed by atoms with van der Waals surface area (Å²) in [7, 11) is 2.18. The van der Waals surface area contributed by atoms with Gasteiger partial charge in [-0.3, -0.25) is 0 Å². The highest BCUT2D eigenvalue weighted by Crippen LogP contribution is 2.35. The number of nitrogens with zero attached hydrogens (tertiary/aromatic N) is 4. The van der Waals surface area contributed by atoms with Gasteiger partial charge in [0.2, 0.25) is 0 Å². The summed E-state index contributed by atoms with van der Waals surface area (Å²) < 4.78 is 2.14. The topological polar surface area (TPSA) is 60.0 Å². The van der Waals surface area contributed by atoms with Crippen molar-refractivity contribution in [1.82, 2.24) is 19.4 Å². The molecule has 2 aromatic heterocycles. The van der Waals surface area contributed by atoms with Gasteiger partial charge in [-0.05, 0) is 56.6 Å². The van der Waals surface area contributed by atoms with Crippen LogP contribution >= 0.6 is 0 Å². The van der Waals surface area contributed by atoms with Crippen molar-refractivity contribution in [2.45, 2.75) is 18.8 Å². The quantitative estimate of drug-likeness (QED) is 0.791. The summed E-state index contributed by atoms with van der Waals surface area (Å²) in [5.41, 5.74) is 10.5. The molecule has 1 fully saturated rings. The van der Waals surface area contributed by atoms with Gasteiger partial charge in [0, 0.05) is 11.9 Å². The van der Waals surface area contributed by atoms with Crippen LogP contribution in [0.1, 0.15) is 24.3 Å². The second-order valence-corrected chi connectivity index (χ2v) is 6.32. The van der Waals surface area contributed by atoms with Gasteiger partial charge in [0.05, 0.1) is 5.52 Å². The molecule has 1 aromatic carbocycles. The highest BCUT2D eigenvalue weighted by Gasteiger charge is 2.24. The lowest BCUT2D eigenvalue weighted by atomic mass is 9.91. The first kappa shape index (κ1) is 14.2. The third-order valence-corrected chi connectivity index (χ3v) is 4.83. The number of nitrogens with two attached hydrogens (primary N) is 1. The molecule has 1 aliphatic rings. The van der Waals surface area contributed by atoms with E-state index in [4.69, 9.17) is 5.73 Å². The average Bonchev–Trinajstić information content (AvgIpc) is 2.97. The molecule has 118 valence electrons. The largest absolute Gasteiger partial charge is 0.382 e. The molecule has 0 atom stereocenters. The molecule has 0 unspecified atom stereocenters. The van der Waals surface area contributed by atoms with Crippen LogP contribution in [0.2, 0.25) is 0 Å². The Bertz CT molecular complexity index is 816. The summed E-state index contributed by atoms with van der Waals surface area (Å²) in [5, 5.41) is 0. The van der Waals surface area contributed by atoms with E-state index in [1.807, 2.05) is 18.2 Å². The van der Waals surface area contributed by atoms with Crippen molar-refractivity contribution in [3.8, 4) is 5.69 Å². The molecule has 0 bridgehead atoms. The van der Waals surface area contributed by atoms with Gasteiger partial charge in [0.25, 0.3) is 0 Å². The van der Waals surface area contributed by atoms with Gasteiger partial charge >= 0.3 is 0 Å². The zero-order chi connectivity index (χ0) is 15.8. The second-order valence-electron chi connectivity index (χ2n) is 6.32. The predicted octanol–water partition coefficient (Wildman–Crippen LogP) is 2.81. The maximum absolute atomic E-state index is 6.18. The third-order valence-electron chi connectivity index (χ3n) is 4.83. The van der Waals surface area contributed by atoms with E-state index in [1.165, 1.54) is 5.56 Å². The molecule has 0 saturated carbocycles. The number of likely N-dealkylation sites (tertiary alicyclic amines) is 1. The number of hydrogen-bond acceptors (Lipinski definition) is 4. The average molecular weight is 307 g/mol. The molecule has 0 radical (unpaired) electrons. The van der Waals surface area contributed by atoms with Crippen molar-refractivity contribution in [3.63, 3.8) is 0 Å². The minimum atomic E-state index is 0.535. The van der Waals surface area contributed by atoms with Crippen LogP contribution in [0.25, 0.3) is 16.7 Å². The fourth-order valence-corrected chi connectivity index (χ4v) is 3.52. The van der Waals surface area contributed by atoms with Gasteiger partial charge in [-0.15, -0.1) is 0 Å². The minimum absolute atomic E-state index is 0.535. The first-order valence-electron chi connectivity index (χ1n) is 8.09. The number of aromatic nitrogens is 3. The van der Waals surface area contributed by atoms with Crippen molar-refractivity contribution >= 4 is 16.9 Å². The summed E-state index contributed by atoms with van der Waals surface area (Å²) in [4.78, 5) is 11.1. The number of anilines is 1. The Morgan fingerprint density at radius 3 is 2.57 bits per heavy atom. The molecule has 5 heteroatoms. The van der Waals surface area contributed by atoms with Crippen LogP contribution in [0.15, 0.2) is 42.9 Å². The molecule has 0 amide bonds. The van der Waals surface area contributed by atoms with E-state index in [0.29, 0.717) is 11.7 Å². The summed E-state index contributed by atoms with van der Waals surface area (Å²) in [6.07, 6.45) is 6.11. The lowest BCUT2D eigenvalue weighted by molar-refractivity contribution is 0.256. The van der Waals surface area contributed by atoms with Crippen LogP contribution in [0, 0.1) is 0 Å². The predicted molar refractivity (Wildman–Crippen MR) is 92.7 cm³/mol. The molecular formula is C18H21N5. The Morgan fingerprint density at radius 2 is 1.83 bits per heavy atom. The van der Waals surface area contributed by atoms with Gasteiger partial charge in [-0.25, -0.2) is 9.97 Å². The minimum Gasteiger partial charge on any atom is -0.382 e. The lowest BCUT2D eigenvalue weighted by Crippen LogP contribution is -2.29. The van der Waals surface area contributed by atoms with Crippen molar-refractivity contribution < 1.29 is 0 Å². The molecule has 2 N–H and O–H groups in total. The lowest BCUT2D eigenvalue weighted by Gasteiger charge is -2.28. The molecule has 3 heterocycles. The maximum atomic E-state index is 6.18. The van der Waals surface area contributed by atoms with Crippen molar-refractivity contribution in [1.29, 1.82) is 0 Å². The van der Waals surface area contributed by atoms with Crippen molar-refractivity contribution in [2.75, 3.05) is 25.9 Å². The van der Waals surface area contributed by atoms with E-state index in [1.54, 1.807) is 6.33 Å². The highest BCUT2D eigenvalue weighted by atomic mass is 15.1. The Balaban J connectivity index is 1.88. The van der Waals surface area contributed by atoms with Crippen molar-refractivity contribution in [3.05, 3.63) is 48.4 Å². The van der Waals surface area contributed by atoms with Crippen LogP contribution < -0.4 is 5.73 Å². The molecule has 4 rings (SSSR count). The third kappa shape index (κ3) is 2.47. The summed E-state index contributed by atoms with van der Waals surface area (Å²) in [6, 6.07) is 10.3. The first-order valence-corrected chi connectivity index (χ1v) is 8.09. The standard InChI is InChI=1S/C18H21N5/c1-22-9-7-13(8-10-22)15-11-23(14-5-3-2-4-6-14)17-16(15)20-12-21-18(17)19/h2-6,11-13H,7-10H2,1H3,(H2,19,20,21). The zero-order valence-corrected chi connectivity index (χ0v) is 13.3. The number of fused-ring (bicyclic) bond motifs is 1. The first-order chi connectivity index (χ1) is 11.2. The summed E-state index contributed by atoms with van der Waals surface area (Å²) in [6.45, 7) is 2.26. The van der Waals surface area contributed by atoms with E-state index >= 15 is 0 Å². The van der Waals surface area contributed by atoms with Crippen LogP contribution in [-0.4, -0.2) is 39.6 Å². The Labute approximate surface area is 135 Å². The smallest absolute Gasteiger partial charge is 0.151 e. The van der Waals surface area contributed by atoms with Crippen LogP contribution in [0.4, 0.5) is 5.82 Å². The zero-order valence-electron chi connectivity index (χ0n) is 13.3. The van der Waals surface area contributed by atoms with Gasteiger partial charge in [-0.1, -0.05) is 18.2 Å². The highest BCUT2D eigenvalue weighted by molar-refractivity contribution is 5.90. The van der Waals surface area contributed by atoms with Crippen molar-refractivity contribution in [2.24, 2.45) is 0 Å². The monoisotopic (exact) mass is 307 g/mol. The van der Waals surface area contributed by atoms with Gasteiger partial charge in [0.1, 0.15) is 11.8 Å². The SMILES string of the molecule is CN1CCC(c2cn(-c3ccccc3)c3c(N)ncnc23)CC1. The normalized spacial score (nSPS) is 16.9. The Hall–Kier alpha value is -2.40. The van der Waals surface area contributed by atoms with Crippen LogP contribution in [-0.2, 0) is 0 Å². The number of piperidine rings is 1. The van der Waals surface area contributed by atoms with E-state index in [0.717, 1.165) is 42.7 Å². The van der Waals surface area contributed by atoms with E-state index in [2.05, 4.69) is 44.8 Å². The van der Waals surface area contributed by atoms with E-state index in [-0.39, 0.29) is 0 Å². The molecular weight excluding hydrogens is 286 g/mol. The number of nitrogen functional groups attached to an aromatic ring is 1. The second kappa shape index (κ2) is 5.66. The van der Waals surface area contributed by atoms with Crippen LogP contribution in [0.5, 0.6) is 0 Å². The molecule has 23 heavy (non-hydrogen) atoms. The number of hydrogen-bond donors (Lipinski definition) is 1. The molecule has 0 aliphatic carbocycles. The maximum Gasteiger partial charge on any atom is 0.151 e. The fraction of sp³-hybridized carbons (Fsp3) is 0.333.